The molecular formula is C21H19N3. The molecule has 1 aliphatic rings. The number of fused-ring (bicyclic) bond motifs is 3. The minimum Gasteiger partial charge on any atom is -0.365 e. The zero-order chi connectivity index (χ0) is 16.5. The van der Waals surface area contributed by atoms with E-state index in [-0.39, 0.29) is 0 Å². The second-order valence-corrected chi connectivity index (χ2v) is 6.20. The van der Waals surface area contributed by atoms with Gasteiger partial charge in [-0.25, -0.2) is 0 Å². The SMILES string of the molecule is C[C@H](c1ccccc1)N1C=Cc2c(n(CC#N)c3ccccc23)C1. The van der Waals surface area contributed by atoms with Crippen LogP contribution in [0.2, 0.25) is 0 Å². The number of nitriles is 1. The van der Waals surface area contributed by atoms with E-state index in [2.05, 4.69) is 77.2 Å². The van der Waals surface area contributed by atoms with E-state index in [4.69, 9.17) is 0 Å². The fourth-order valence-corrected chi connectivity index (χ4v) is 3.58. The number of hydrogen-bond acceptors (Lipinski definition) is 2. The molecule has 2 heterocycles. The third-order valence-corrected chi connectivity index (χ3v) is 4.90. The Labute approximate surface area is 142 Å². The average Bonchev–Trinajstić information content (AvgIpc) is 2.96. The van der Waals surface area contributed by atoms with E-state index < -0.39 is 0 Å². The lowest BCUT2D eigenvalue weighted by Gasteiger charge is -2.31. The van der Waals surface area contributed by atoms with Crippen molar-refractivity contribution in [3.8, 4) is 6.07 Å². The van der Waals surface area contributed by atoms with Gasteiger partial charge in [0.05, 0.1) is 18.7 Å². The van der Waals surface area contributed by atoms with Crippen LogP contribution >= 0.6 is 0 Å². The van der Waals surface area contributed by atoms with Crippen LogP contribution in [0.4, 0.5) is 0 Å². The molecule has 3 heteroatoms. The predicted molar refractivity (Wildman–Crippen MR) is 97.0 cm³/mol. The Bertz CT molecular complexity index is 944. The normalized spacial score (nSPS) is 14.4. The van der Waals surface area contributed by atoms with Crippen molar-refractivity contribution >= 4 is 17.0 Å². The second-order valence-electron chi connectivity index (χ2n) is 6.20. The first kappa shape index (κ1) is 14.6. The molecule has 0 aliphatic carbocycles. The lowest BCUT2D eigenvalue weighted by Crippen LogP contribution is -2.25. The van der Waals surface area contributed by atoms with Gasteiger partial charge in [-0.05, 0) is 24.6 Å². The van der Waals surface area contributed by atoms with Gasteiger partial charge in [0, 0.05) is 28.4 Å². The van der Waals surface area contributed by atoms with Crippen LogP contribution in [0.15, 0.2) is 60.8 Å². The van der Waals surface area contributed by atoms with Gasteiger partial charge in [-0.1, -0.05) is 48.5 Å². The first-order valence-corrected chi connectivity index (χ1v) is 8.25. The van der Waals surface area contributed by atoms with Crippen LogP contribution in [0, 0.1) is 11.3 Å². The molecule has 0 saturated carbocycles. The summed E-state index contributed by atoms with van der Waals surface area (Å²) in [5, 5.41) is 10.5. The minimum absolute atomic E-state index is 0.296. The molecule has 118 valence electrons. The zero-order valence-corrected chi connectivity index (χ0v) is 13.7. The molecule has 1 aromatic heterocycles. The van der Waals surface area contributed by atoms with E-state index in [1.165, 1.54) is 22.2 Å². The van der Waals surface area contributed by atoms with E-state index in [9.17, 15) is 5.26 Å². The molecule has 0 N–H and O–H groups in total. The maximum absolute atomic E-state index is 9.25. The molecule has 24 heavy (non-hydrogen) atoms. The number of rotatable bonds is 3. The highest BCUT2D eigenvalue weighted by molar-refractivity contribution is 5.91. The largest absolute Gasteiger partial charge is 0.365 e. The van der Waals surface area contributed by atoms with Crippen LogP contribution in [-0.2, 0) is 13.1 Å². The smallest absolute Gasteiger partial charge is 0.110 e. The van der Waals surface area contributed by atoms with E-state index in [1.807, 2.05) is 12.1 Å². The summed E-state index contributed by atoms with van der Waals surface area (Å²) in [6.45, 7) is 3.43. The van der Waals surface area contributed by atoms with Gasteiger partial charge in [0.25, 0.3) is 0 Å². The summed E-state index contributed by atoms with van der Waals surface area (Å²) in [4.78, 5) is 2.34. The molecule has 0 bridgehead atoms. The van der Waals surface area contributed by atoms with Gasteiger partial charge < -0.3 is 9.47 Å². The number of para-hydroxylation sites is 1. The first-order valence-electron chi connectivity index (χ1n) is 8.25. The Kier molecular flexibility index (Phi) is 3.59. The Morgan fingerprint density at radius 2 is 1.83 bits per heavy atom. The van der Waals surface area contributed by atoms with Crippen molar-refractivity contribution in [3.05, 3.63) is 77.6 Å². The fourth-order valence-electron chi connectivity index (χ4n) is 3.58. The van der Waals surface area contributed by atoms with Crippen molar-refractivity contribution in [2.45, 2.75) is 26.1 Å². The van der Waals surface area contributed by atoms with Crippen LogP contribution in [0.3, 0.4) is 0 Å². The van der Waals surface area contributed by atoms with E-state index in [1.54, 1.807) is 0 Å². The van der Waals surface area contributed by atoms with E-state index in [0.717, 1.165) is 12.1 Å². The van der Waals surface area contributed by atoms with E-state index in [0.29, 0.717) is 12.6 Å². The number of aromatic nitrogens is 1. The van der Waals surface area contributed by atoms with Gasteiger partial charge in [-0.3, -0.25) is 0 Å². The molecule has 4 rings (SSSR count). The number of hydrogen-bond donors (Lipinski definition) is 0. The quantitative estimate of drug-likeness (QED) is 0.701. The summed E-state index contributed by atoms with van der Waals surface area (Å²) in [6.07, 6.45) is 4.37. The molecular weight excluding hydrogens is 294 g/mol. The molecule has 3 aromatic rings. The molecule has 2 aromatic carbocycles. The average molecular weight is 313 g/mol. The minimum atomic E-state index is 0.296. The van der Waals surface area contributed by atoms with Gasteiger partial charge in [0.2, 0.25) is 0 Å². The zero-order valence-electron chi connectivity index (χ0n) is 13.7. The van der Waals surface area contributed by atoms with Gasteiger partial charge >= 0.3 is 0 Å². The van der Waals surface area contributed by atoms with Crippen LogP contribution in [-0.4, -0.2) is 9.47 Å². The highest BCUT2D eigenvalue weighted by atomic mass is 15.2. The Morgan fingerprint density at radius 1 is 1.08 bits per heavy atom. The third-order valence-electron chi connectivity index (χ3n) is 4.90. The summed E-state index contributed by atoms with van der Waals surface area (Å²) >= 11 is 0. The van der Waals surface area contributed by atoms with Gasteiger partial charge in [0.15, 0.2) is 0 Å². The standard InChI is InChI=1S/C21H19N3/c1-16(17-7-3-2-4-8-17)23-13-11-19-18-9-5-6-10-20(18)24(14-12-22)21(19)15-23/h2-11,13,16H,14-15H2,1H3/t16-/m1/s1. The van der Waals surface area contributed by atoms with Crippen LogP contribution in [0.25, 0.3) is 17.0 Å². The van der Waals surface area contributed by atoms with Crippen molar-refractivity contribution in [3.63, 3.8) is 0 Å². The lowest BCUT2D eigenvalue weighted by molar-refractivity contribution is 0.282. The maximum Gasteiger partial charge on any atom is 0.110 e. The van der Waals surface area contributed by atoms with Gasteiger partial charge in [-0.15, -0.1) is 0 Å². The molecule has 3 nitrogen and oxygen atoms in total. The fraction of sp³-hybridized carbons (Fsp3) is 0.190. The molecule has 0 amide bonds. The molecule has 1 aliphatic heterocycles. The van der Waals surface area contributed by atoms with Crippen LogP contribution < -0.4 is 0 Å². The van der Waals surface area contributed by atoms with Crippen molar-refractivity contribution in [1.82, 2.24) is 9.47 Å². The highest BCUT2D eigenvalue weighted by Crippen LogP contribution is 2.34. The second kappa shape index (κ2) is 5.90. The Hall–Kier alpha value is -2.99. The van der Waals surface area contributed by atoms with Crippen LogP contribution in [0.1, 0.15) is 29.8 Å². The molecule has 0 radical (unpaired) electrons. The van der Waals surface area contributed by atoms with Crippen molar-refractivity contribution < 1.29 is 0 Å². The number of benzene rings is 2. The highest BCUT2D eigenvalue weighted by Gasteiger charge is 2.23. The molecule has 0 unspecified atom stereocenters. The summed E-state index contributed by atoms with van der Waals surface area (Å²) in [5.74, 6) is 0. The third kappa shape index (κ3) is 2.28. The monoisotopic (exact) mass is 313 g/mol. The van der Waals surface area contributed by atoms with Crippen molar-refractivity contribution in [1.29, 1.82) is 5.26 Å². The molecule has 0 saturated heterocycles. The summed E-state index contributed by atoms with van der Waals surface area (Å²) in [7, 11) is 0. The molecule has 0 fully saturated rings. The number of nitrogens with zero attached hydrogens (tertiary/aromatic N) is 3. The Balaban J connectivity index is 1.77. The summed E-state index contributed by atoms with van der Waals surface area (Å²) < 4.78 is 2.15. The van der Waals surface area contributed by atoms with Crippen LogP contribution in [0.5, 0.6) is 0 Å². The van der Waals surface area contributed by atoms with E-state index >= 15 is 0 Å². The van der Waals surface area contributed by atoms with Gasteiger partial charge in [0.1, 0.15) is 6.54 Å². The Morgan fingerprint density at radius 3 is 2.62 bits per heavy atom. The molecule has 0 spiro atoms. The van der Waals surface area contributed by atoms with Crippen molar-refractivity contribution in [2.75, 3.05) is 0 Å². The van der Waals surface area contributed by atoms with Gasteiger partial charge in [-0.2, -0.15) is 5.26 Å². The summed E-state index contributed by atoms with van der Waals surface area (Å²) in [5.41, 5.74) is 4.91. The predicted octanol–water partition coefficient (Wildman–Crippen LogP) is 4.71. The van der Waals surface area contributed by atoms with Crippen molar-refractivity contribution in [2.24, 2.45) is 0 Å². The summed E-state index contributed by atoms with van der Waals surface area (Å²) in [6, 6.07) is 21.5. The lowest BCUT2D eigenvalue weighted by atomic mass is 10.0. The first-order chi connectivity index (χ1) is 11.8. The topological polar surface area (TPSA) is 32.0 Å². The maximum atomic E-state index is 9.25. The molecule has 1 atom stereocenters.